The molecule has 0 saturated heterocycles. The van der Waals surface area contributed by atoms with E-state index in [1.165, 1.54) is 19.2 Å². The highest BCUT2D eigenvalue weighted by Gasteiger charge is 2.33. The Morgan fingerprint density at radius 2 is 1.43 bits per heavy atom. The van der Waals surface area contributed by atoms with Crippen LogP contribution in [0.5, 0.6) is 0 Å². The molecule has 2 aromatic carbocycles. The fraction of sp³-hybridized carbons (Fsp3) is 0.0588. The molecule has 0 heterocycles. The van der Waals surface area contributed by atoms with Crippen molar-refractivity contribution in [2.75, 3.05) is 11.9 Å². The van der Waals surface area contributed by atoms with Crippen molar-refractivity contribution in [2.45, 2.75) is 0 Å². The van der Waals surface area contributed by atoms with E-state index in [4.69, 9.17) is 5.73 Å². The van der Waals surface area contributed by atoms with Gasteiger partial charge in [-0.3, -0.25) is 19.2 Å². The molecular formula is C17H12N2O4. The van der Waals surface area contributed by atoms with Crippen molar-refractivity contribution in [3.63, 3.8) is 0 Å². The predicted octanol–water partition coefficient (Wildman–Crippen LogP) is 0.910. The van der Waals surface area contributed by atoms with Crippen LogP contribution in [0, 0.1) is 0 Å². The molecule has 6 heteroatoms. The van der Waals surface area contributed by atoms with E-state index in [2.05, 4.69) is 0 Å². The second-order valence-electron chi connectivity index (χ2n) is 5.13. The summed E-state index contributed by atoms with van der Waals surface area (Å²) in [6, 6.07) is 11.1. The second kappa shape index (κ2) is 5.17. The number of carbonyl (C=O) groups is 4. The Balaban J connectivity index is 2.22. The van der Waals surface area contributed by atoms with Gasteiger partial charge in [-0.15, -0.1) is 0 Å². The van der Waals surface area contributed by atoms with Gasteiger partial charge in [0.15, 0.2) is 11.6 Å². The lowest BCUT2D eigenvalue weighted by molar-refractivity contribution is -0.135. The Bertz CT molecular complexity index is 886. The lowest BCUT2D eigenvalue weighted by atomic mass is 9.83. The molecule has 1 aliphatic rings. The molecule has 0 saturated carbocycles. The summed E-state index contributed by atoms with van der Waals surface area (Å²) in [6.45, 7) is 0. The van der Waals surface area contributed by atoms with E-state index >= 15 is 0 Å². The summed E-state index contributed by atoms with van der Waals surface area (Å²) in [5.74, 6) is -2.76. The first-order valence-electron chi connectivity index (χ1n) is 6.82. The van der Waals surface area contributed by atoms with Gasteiger partial charge in [-0.05, 0) is 6.07 Å². The quantitative estimate of drug-likeness (QED) is 0.676. The number of benzene rings is 2. The minimum atomic E-state index is -1.14. The zero-order chi connectivity index (χ0) is 16.7. The molecule has 0 aromatic heterocycles. The number of nitrogens with zero attached hydrogens (tertiary/aromatic N) is 1. The highest BCUT2D eigenvalue weighted by Crippen LogP contribution is 2.33. The standard InChI is InChI=1S/C17H12N2O4/c1-19(17(23)16(18)22)12-8-4-7-11-13(12)15(21)10-6-3-2-5-9(10)14(11)20/h2-8H,1H3,(H2,18,22). The molecule has 0 atom stereocenters. The van der Waals surface area contributed by atoms with Gasteiger partial charge in [0.1, 0.15) is 0 Å². The maximum absolute atomic E-state index is 12.8. The lowest BCUT2D eigenvalue weighted by Crippen LogP contribution is -2.39. The summed E-state index contributed by atoms with van der Waals surface area (Å²) >= 11 is 0. The number of carbonyl (C=O) groups excluding carboxylic acids is 4. The van der Waals surface area contributed by atoms with Gasteiger partial charge in [-0.25, -0.2) is 0 Å². The smallest absolute Gasteiger partial charge is 0.315 e. The van der Waals surface area contributed by atoms with E-state index in [9.17, 15) is 19.2 Å². The molecule has 0 radical (unpaired) electrons. The number of amides is 2. The Morgan fingerprint density at radius 3 is 2.04 bits per heavy atom. The molecule has 2 N–H and O–H groups in total. The molecule has 0 fully saturated rings. The lowest BCUT2D eigenvalue weighted by Gasteiger charge is -2.24. The molecule has 0 bridgehead atoms. The van der Waals surface area contributed by atoms with E-state index < -0.39 is 11.8 Å². The van der Waals surface area contributed by atoms with Gasteiger partial charge in [0.05, 0.1) is 11.3 Å². The zero-order valence-corrected chi connectivity index (χ0v) is 12.2. The van der Waals surface area contributed by atoms with Crippen molar-refractivity contribution in [3.05, 3.63) is 64.7 Å². The first-order valence-corrected chi connectivity index (χ1v) is 6.82. The highest BCUT2D eigenvalue weighted by molar-refractivity contribution is 6.40. The third-order valence-electron chi connectivity index (χ3n) is 3.81. The van der Waals surface area contributed by atoms with Crippen LogP contribution in [-0.4, -0.2) is 30.4 Å². The SMILES string of the molecule is CN(C(=O)C(N)=O)c1cccc2c1C(=O)c1ccccc1C2=O. The number of nitrogens with two attached hydrogens (primary N) is 1. The van der Waals surface area contributed by atoms with E-state index in [1.807, 2.05) is 0 Å². The molecule has 0 unspecified atom stereocenters. The number of primary amides is 1. The van der Waals surface area contributed by atoms with Crippen molar-refractivity contribution < 1.29 is 19.2 Å². The Morgan fingerprint density at radius 1 is 0.870 bits per heavy atom. The normalized spacial score (nSPS) is 12.4. The Labute approximate surface area is 131 Å². The van der Waals surface area contributed by atoms with Crippen LogP contribution in [0.25, 0.3) is 0 Å². The van der Waals surface area contributed by atoms with Gasteiger partial charge in [0, 0.05) is 23.7 Å². The van der Waals surface area contributed by atoms with Crippen LogP contribution in [0.2, 0.25) is 0 Å². The summed E-state index contributed by atoms with van der Waals surface area (Å²) < 4.78 is 0. The number of hydrogen-bond donors (Lipinski definition) is 1. The summed E-state index contributed by atoms with van der Waals surface area (Å²) in [4.78, 5) is 49.3. The van der Waals surface area contributed by atoms with Crippen LogP contribution >= 0.6 is 0 Å². The maximum atomic E-state index is 12.8. The fourth-order valence-electron chi connectivity index (χ4n) is 2.68. The molecule has 0 spiro atoms. The van der Waals surface area contributed by atoms with Crippen LogP contribution in [-0.2, 0) is 9.59 Å². The number of hydrogen-bond acceptors (Lipinski definition) is 4. The minimum absolute atomic E-state index is 0.105. The predicted molar refractivity (Wildman–Crippen MR) is 82.4 cm³/mol. The molecule has 2 amide bonds. The molecule has 114 valence electrons. The topological polar surface area (TPSA) is 97.5 Å². The van der Waals surface area contributed by atoms with Crippen LogP contribution in [0.4, 0.5) is 5.69 Å². The average molecular weight is 308 g/mol. The number of ketones is 2. The van der Waals surface area contributed by atoms with Crippen LogP contribution in [0.3, 0.4) is 0 Å². The van der Waals surface area contributed by atoms with Crippen molar-refractivity contribution in [2.24, 2.45) is 5.73 Å². The molecule has 0 aliphatic heterocycles. The zero-order valence-electron chi connectivity index (χ0n) is 12.2. The van der Waals surface area contributed by atoms with Crippen molar-refractivity contribution in [1.82, 2.24) is 0 Å². The minimum Gasteiger partial charge on any atom is -0.361 e. The number of likely N-dealkylation sites (N-methyl/N-ethyl adjacent to an activating group) is 1. The third-order valence-corrected chi connectivity index (χ3v) is 3.81. The van der Waals surface area contributed by atoms with Crippen molar-refractivity contribution >= 4 is 29.1 Å². The maximum Gasteiger partial charge on any atom is 0.315 e. The van der Waals surface area contributed by atoms with Gasteiger partial charge in [-0.1, -0.05) is 36.4 Å². The van der Waals surface area contributed by atoms with E-state index in [0.29, 0.717) is 5.56 Å². The van der Waals surface area contributed by atoms with Crippen LogP contribution in [0.15, 0.2) is 42.5 Å². The van der Waals surface area contributed by atoms with E-state index in [0.717, 1.165) is 4.90 Å². The van der Waals surface area contributed by atoms with E-state index in [-0.39, 0.29) is 33.9 Å². The summed E-state index contributed by atoms with van der Waals surface area (Å²) in [7, 11) is 1.33. The van der Waals surface area contributed by atoms with E-state index in [1.54, 1.807) is 30.3 Å². The second-order valence-corrected chi connectivity index (χ2v) is 5.13. The van der Waals surface area contributed by atoms with Gasteiger partial charge in [0.2, 0.25) is 0 Å². The Kier molecular flexibility index (Phi) is 3.29. The Hall–Kier alpha value is -3.28. The summed E-state index contributed by atoms with van der Waals surface area (Å²) in [6.07, 6.45) is 0. The van der Waals surface area contributed by atoms with Crippen molar-refractivity contribution in [1.29, 1.82) is 0 Å². The molecule has 1 aliphatic carbocycles. The van der Waals surface area contributed by atoms with Gasteiger partial charge in [-0.2, -0.15) is 0 Å². The monoisotopic (exact) mass is 308 g/mol. The molecule has 2 aromatic rings. The number of fused-ring (bicyclic) bond motifs is 2. The number of anilines is 1. The summed E-state index contributed by atoms with van der Waals surface area (Å²) in [5.41, 5.74) is 6.10. The average Bonchev–Trinajstić information content (AvgIpc) is 2.57. The first kappa shape index (κ1) is 14.6. The van der Waals surface area contributed by atoms with Crippen LogP contribution in [0.1, 0.15) is 31.8 Å². The van der Waals surface area contributed by atoms with Gasteiger partial charge < -0.3 is 10.6 Å². The third kappa shape index (κ3) is 2.12. The van der Waals surface area contributed by atoms with Crippen molar-refractivity contribution in [3.8, 4) is 0 Å². The molecule has 6 nitrogen and oxygen atoms in total. The van der Waals surface area contributed by atoms with Gasteiger partial charge in [0.25, 0.3) is 0 Å². The largest absolute Gasteiger partial charge is 0.361 e. The highest BCUT2D eigenvalue weighted by atomic mass is 16.2. The molecule has 3 rings (SSSR count). The van der Waals surface area contributed by atoms with Gasteiger partial charge >= 0.3 is 11.8 Å². The first-order chi connectivity index (χ1) is 10.9. The number of rotatable bonds is 1. The molecule has 23 heavy (non-hydrogen) atoms. The van der Waals surface area contributed by atoms with Crippen LogP contribution < -0.4 is 10.6 Å². The molecular weight excluding hydrogens is 296 g/mol. The fourth-order valence-corrected chi connectivity index (χ4v) is 2.68. The summed E-state index contributed by atoms with van der Waals surface area (Å²) in [5, 5.41) is 0.